The van der Waals surface area contributed by atoms with Gasteiger partial charge in [0.2, 0.25) is 0 Å². The number of halogens is 2. The standard InChI is InChI=1S/C27H23F2N5O3/c1-2-5-22(35)33-13-4-6-16(14-33)19-15-34(24-23(19)27(36)32-31-26(24)30)17-9-11-18(12-10-17)37-25-20(28)7-3-8-21(25)29/h3,7-12,15-16H,4,6,13-14H2,1H3,(H2,30,31)(H,32,36)/t16-/m1/s1. The lowest BCUT2D eigenvalue weighted by Crippen LogP contribution is -2.38. The van der Waals surface area contributed by atoms with Crippen molar-refractivity contribution >= 4 is 22.6 Å². The van der Waals surface area contributed by atoms with Gasteiger partial charge >= 0.3 is 0 Å². The summed E-state index contributed by atoms with van der Waals surface area (Å²) in [6.07, 6.45) is 3.38. The van der Waals surface area contributed by atoms with Gasteiger partial charge in [-0.2, -0.15) is 5.10 Å². The molecule has 5 rings (SSSR count). The molecule has 0 unspecified atom stereocenters. The summed E-state index contributed by atoms with van der Waals surface area (Å²) in [5.41, 5.74) is 7.63. The zero-order valence-corrected chi connectivity index (χ0v) is 19.9. The van der Waals surface area contributed by atoms with Gasteiger partial charge in [0.15, 0.2) is 23.2 Å². The zero-order chi connectivity index (χ0) is 26.1. The second-order valence-corrected chi connectivity index (χ2v) is 8.73. The topological polar surface area (TPSA) is 106 Å². The van der Waals surface area contributed by atoms with E-state index in [4.69, 9.17) is 10.5 Å². The lowest BCUT2D eigenvalue weighted by Gasteiger charge is -2.31. The largest absolute Gasteiger partial charge is 0.451 e. The highest BCUT2D eigenvalue weighted by Gasteiger charge is 2.28. The van der Waals surface area contributed by atoms with Crippen LogP contribution in [0, 0.1) is 23.5 Å². The van der Waals surface area contributed by atoms with Gasteiger partial charge in [0, 0.05) is 30.9 Å². The number of fused-ring (bicyclic) bond motifs is 1. The van der Waals surface area contributed by atoms with E-state index in [1.54, 1.807) is 40.7 Å². The Labute approximate surface area is 210 Å². The number of carbonyl (C=O) groups is 1. The molecule has 8 nitrogen and oxygen atoms in total. The fraction of sp³-hybridized carbons (Fsp3) is 0.222. The van der Waals surface area contributed by atoms with Gasteiger partial charge in [0.25, 0.3) is 11.5 Å². The van der Waals surface area contributed by atoms with Crippen LogP contribution in [0.3, 0.4) is 0 Å². The smallest absolute Gasteiger partial charge is 0.298 e. The number of benzene rings is 2. The van der Waals surface area contributed by atoms with E-state index in [0.717, 1.165) is 30.5 Å². The molecule has 2 aromatic heterocycles. The number of rotatable bonds is 4. The van der Waals surface area contributed by atoms with Crippen LogP contribution in [-0.4, -0.2) is 38.7 Å². The number of nitrogens with two attached hydrogens (primary N) is 1. The molecule has 1 fully saturated rings. The molecule has 1 amide bonds. The molecule has 0 radical (unpaired) electrons. The van der Waals surface area contributed by atoms with Gasteiger partial charge in [-0.1, -0.05) is 12.0 Å². The molecule has 4 aromatic rings. The molecule has 1 saturated heterocycles. The Morgan fingerprint density at radius 2 is 1.92 bits per heavy atom. The number of ether oxygens (including phenoxy) is 1. The Hall–Kier alpha value is -4.65. The summed E-state index contributed by atoms with van der Waals surface area (Å²) in [6.45, 7) is 2.65. The van der Waals surface area contributed by atoms with Crippen LogP contribution < -0.4 is 16.0 Å². The highest BCUT2D eigenvalue weighted by Crippen LogP contribution is 2.35. The summed E-state index contributed by atoms with van der Waals surface area (Å²) in [6, 6.07) is 9.98. The van der Waals surface area contributed by atoms with Crippen molar-refractivity contribution in [3.8, 4) is 29.0 Å². The van der Waals surface area contributed by atoms with Gasteiger partial charge in [0.1, 0.15) is 11.3 Å². The number of amides is 1. The quantitative estimate of drug-likeness (QED) is 0.408. The van der Waals surface area contributed by atoms with Crippen molar-refractivity contribution in [2.75, 3.05) is 18.8 Å². The molecular formula is C27H23F2N5O3. The molecule has 1 aliphatic heterocycles. The second kappa shape index (κ2) is 9.78. The van der Waals surface area contributed by atoms with Crippen LogP contribution in [0.1, 0.15) is 31.2 Å². The predicted molar refractivity (Wildman–Crippen MR) is 135 cm³/mol. The number of nitrogen functional groups attached to an aromatic ring is 1. The van der Waals surface area contributed by atoms with Gasteiger partial charge in [0.05, 0.1) is 5.39 Å². The van der Waals surface area contributed by atoms with E-state index in [1.807, 2.05) is 6.20 Å². The molecule has 0 aliphatic carbocycles. The maximum Gasteiger partial charge on any atom is 0.298 e. The number of anilines is 1. The summed E-state index contributed by atoms with van der Waals surface area (Å²) in [5, 5.41) is 6.80. The summed E-state index contributed by atoms with van der Waals surface area (Å²) in [7, 11) is 0. The van der Waals surface area contributed by atoms with E-state index in [2.05, 4.69) is 22.0 Å². The van der Waals surface area contributed by atoms with Crippen LogP contribution in [0.5, 0.6) is 11.5 Å². The summed E-state index contributed by atoms with van der Waals surface area (Å²) in [5.74, 6) is 3.12. The average Bonchev–Trinajstić information content (AvgIpc) is 3.31. The first-order valence-corrected chi connectivity index (χ1v) is 11.7. The maximum absolute atomic E-state index is 14.0. The normalized spacial score (nSPS) is 15.3. The number of carbonyl (C=O) groups excluding carboxylic acids is 1. The number of H-pyrrole nitrogens is 1. The Morgan fingerprint density at radius 1 is 1.19 bits per heavy atom. The van der Waals surface area contributed by atoms with E-state index in [9.17, 15) is 18.4 Å². The van der Waals surface area contributed by atoms with E-state index in [0.29, 0.717) is 29.7 Å². The number of likely N-dealkylation sites (tertiary alicyclic amines) is 1. The number of para-hydroxylation sites is 1. The lowest BCUT2D eigenvalue weighted by atomic mass is 9.90. The molecule has 3 heterocycles. The second-order valence-electron chi connectivity index (χ2n) is 8.73. The number of hydrogen-bond acceptors (Lipinski definition) is 5. The molecule has 0 bridgehead atoms. The van der Waals surface area contributed by atoms with Gasteiger partial charge in [-0.05, 0) is 67.6 Å². The van der Waals surface area contributed by atoms with Crippen LogP contribution in [0.25, 0.3) is 16.6 Å². The molecule has 0 spiro atoms. The van der Waals surface area contributed by atoms with Crippen LogP contribution in [-0.2, 0) is 4.79 Å². The number of piperidine rings is 1. The number of hydrogen-bond donors (Lipinski definition) is 2. The SMILES string of the molecule is CC#CC(=O)N1CCC[C@@H](c2cn(-c3ccc(Oc4c(F)cccc4F)cc3)c3c(N)n[nH]c(=O)c23)C1. The Morgan fingerprint density at radius 3 is 2.62 bits per heavy atom. The highest BCUT2D eigenvalue weighted by molar-refractivity contribution is 5.94. The minimum atomic E-state index is -0.812. The Kier molecular flexibility index (Phi) is 6.36. The molecule has 1 aliphatic rings. The molecule has 1 atom stereocenters. The van der Waals surface area contributed by atoms with E-state index >= 15 is 0 Å². The van der Waals surface area contributed by atoms with E-state index in [-0.39, 0.29) is 29.0 Å². The minimum absolute atomic E-state index is 0.102. The van der Waals surface area contributed by atoms with Crippen LogP contribution in [0.4, 0.5) is 14.6 Å². The number of aromatic amines is 1. The van der Waals surface area contributed by atoms with Crippen molar-refractivity contribution in [1.82, 2.24) is 19.7 Å². The Balaban J connectivity index is 1.53. The first-order valence-electron chi connectivity index (χ1n) is 11.7. The number of aromatic nitrogens is 3. The molecule has 0 saturated carbocycles. The molecule has 3 N–H and O–H groups in total. The van der Waals surface area contributed by atoms with Crippen LogP contribution in [0.15, 0.2) is 53.5 Å². The zero-order valence-electron chi connectivity index (χ0n) is 19.9. The number of nitrogens with zero attached hydrogens (tertiary/aromatic N) is 3. The summed E-state index contributed by atoms with van der Waals surface area (Å²) >= 11 is 0. The summed E-state index contributed by atoms with van der Waals surface area (Å²) < 4.78 is 35.1. The van der Waals surface area contributed by atoms with Crippen molar-refractivity contribution in [2.24, 2.45) is 0 Å². The molecule has 2 aromatic carbocycles. The van der Waals surface area contributed by atoms with Gasteiger partial charge in [-0.25, -0.2) is 13.9 Å². The molecular weight excluding hydrogens is 480 g/mol. The van der Waals surface area contributed by atoms with Crippen LogP contribution in [0.2, 0.25) is 0 Å². The highest BCUT2D eigenvalue weighted by atomic mass is 19.1. The van der Waals surface area contributed by atoms with Crippen molar-refractivity contribution in [2.45, 2.75) is 25.7 Å². The van der Waals surface area contributed by atoms with Crippen molar-refractivity contribution in [1.29, 1.82) is 0 Å². The van der Waals surface area contributed by atoms with Crippen molar-refractivity contribution in [3.05, 3.63) is 76.2 Å². The van der Waals surface area contributed by atoms with Crippen LogP contribution >= 0.6 is 0 Å². The monoisotopic (exact) mass is 503 g/mol. The molecule has 188 valence electrons. The van der Waals surface area contributed by atoms with E-state index < -0.39 is 17.4 Å². The fourth-order valence-corrected chi connectivity index (χ4v) is 4.72. The minimum Gasteiger partial charge on any atom is -0.451 e. The van der Waals surface area contributed by atoms with Crippen molar-refractivity contribution in [3.63, 3.8) is 0 Å². The number of nitrogens with one attached hydrogen (secondary N) is 1. The van der Waals surface area contributed by atoms with Gasteiger partial charge in [-0.3, -0.25) is 9.59 Å². The van der Waals surface area contributed by atoms with E-state index in [1.165, 1.54) is 6.07 Å². The van der Waals surface area contributed by atoms with Gasteiger partial charge < -0.3 is 19.9 Å². The first kappa shape index (κ1) is 24.1. The third-order valence-corrected chi connectivity index (χ3v) is 6.42. The third-order valence-electron chi connectivity index (χ3n) is 6.42. The summed E-state index contributed by atoms with van der Waals surface area (Å²) in [4.78, 5) is 27.0. The molecule has 10 heteroatoms. The fourth-order valence-electron chi connectivity index (χ4n) is 4.72. The van der Waals surface area contributed by atoms with Gasteiger partial charge in [-0.15, -0.1) is 0 Å². The van der Waals surface area contributed by atoms with Crippen molar-refractivity contribution < 1.29 is 18.3 Å². The Bertz CT molecular complexity index is 1600. The predicted octanol–water partition coefficient (Wildman–Crippen LogP) is 4.10. The maximum atomic E-state index is 14.0. The average molecular weight is 504 g/mol. The molecule has 37 heavy (non-hydrogen) atoms. The third kappa shape index (κ3) is 4.51. The first-order chi connectivity index (χ1) is 17.9. The lowest BCUT2D eigenvalue weighted by molar-refractivity contribution is -0.126.